The minimum atomic E-state index is -0.307. The van der Waals surface area contributed by atoms with E-state index < -0.39 is 0 Å². The van der Waals surface area contributed by atoms with Crippen LogP contribution in [0.3, 0.4) is 0 Å². The Labute approximate surface area is 118 Å². The lowest BCUT2D eigenvalue weighted by molar-refractivity contribution is -0.171. The van der Waals surface area contributed by atoms with Crippen LogP contribution in [0.5, 0.6) is 0 Å². The van der Waals surface area contributed by atoms with Crippen molar-refractivity contribution in [3.8, 4) is 0 Å². The Kier molecular flexibility index (Phi) is 3.52. The van der Waals surface area contributed by atoms with Gasteiger partial charge in [-0.15, -0.1) is 0 Å². The van der Waals surface area contributed by atoms with E-state index in [0.717, 1.165) is 12.3 Å². The highest BCUT2D eigenvalue weighted by Gasteiger charge is 2.64. The number of ether oxygens (including phenoxy) is 1. The summed E-state index contributed by atoms with van der Waals surface area (Å²) < 4.78 is 5.94. The molecule has 1 atom stereocenters. The molecule has 0 radical (unpaired) electrons. The number of carbonyl (C=O) groups excluding carboxylic acids is 1. The van der Waals surface area contributed by atoms with Crippen molar-refractivity contribution < 1.29 is 9.53 Å². The summed E-state index contributed by atoms with van der Waals surface area (Å²) in [7, 11) is 0. The third-order valence-corrected chi connectivity index (χ3v) is 5.97. The van der Waals surface area contributed by atoms with Crippen molar-refractivity contribution in [2.45, 2.75) is 79.2 Å². The molecule has 2 fully saturated rings. The van der Waals surface area contributed by atoms with Crippen LogP contribution in [0.15, 0.2) is 0 Å². The number of carbonyl (C=O) groups is 1. The summed E-state index contributed by atoms with van der Waals surface area (Å²) in [5, 5.41) is 0. The van der Waals surface area contributed by atoms with Crippen LogP contribution in [0.1, 0.15) is 73.6 Å². The van der Waals surface area contributed by atoms with Crippen LogP contribution in [-0.4, -0.2) is 11.6 Å². The van der Waals surface area contributed by atoms with Crippen molar-refractivity contribution in [3.05, 3.63) is 0 Å². The molecule has 0 heterocycles. The Bertz CT molecular complexity index is 361. The maximum atomic E-state index is 12.4. The van der Waals surface area contributed by atoms with Gasteiger partial charge in [0.15, 0.2) is 0 Å². The Morgan fingerprint density at radius 1 is 1.11 bits per heavy atom. The van der Waals surface area contributed by atoms with Gasteiger partial charge in [-0.3, -0.25) is 4.79 Å². The third kappa shape index (κ3) is 2.68. The van der Waals surface area contributed by atoms with Gasteiger partial charge in [0.05, 0.1) is 5.41 Å². The highest BCUT2D eigenvalue weighted by Crippen LogP contribution is 2.64. The van der Waals surface area contributed by atoms with Crippen molar-refractivity contribution in [1.82, 2.24) is 0 Å². The molecule has 0 aliphatic heterocycles. The van der Waals surface area contributed by atoms with Gasteiger partial charge in [-0.1, -0.05) is 33.6 Å². The van der Waals surface area contributed by atoms with Crippen LogP contribution in [0.2, 0.25) is 0 Å². The zero-order valence-electron chi connectivity index (χ0n) is 13.5. The van der Waals surface area contributed by atoms with E-state index in [4.69, 9.17) is 4.74 Å². The normalized spacial score (nSPS) is 37.8. The van der Waals surface area contributed by atoms with Crippen LogP contribution < -0.4 is 0 Å². The molecular weight excluding hydrogens is 236 g/mol. The largest absolute Gasteiger partial charge is 0.459 e. The molecule has 0 spiro atoms. The van der Waals surface area contributed by atoms with Crippen LogP contribution in [0, 0.1) is 22.7 Å². The summed E-state index contributed by atoms with van der Waals surface area (Å²) in [6.07, 6.45) is 5.89. The van der Waals surface area contributed by atoms with E-state index in [1.54, 1.807) is 0 Å². The molecular formula is C17H30O2. The molecule has 110 valence electrons. The van der Waals surface area contributed by atoms with Crippen molar-refractivity contribution in [2.75, 3.05) is 0 Å². The lowest BCUT2D eigenvalue weighted by Gasteiger charge is -2.39. The Morgan fingerprint density at radius 2 is 1.58 bits per heavy atom. The minimum absolute atomic E-state index is 0.0149. The number of hydrogen-bond donors (Lipinski definition) is 0. The van der Waals surface area contributed by atoms with Crippen molar-refractivity contribution in [2.24, 2.45) is 22.7 Å². The van der Waals surface area contributed by atoms with Crippen molar-refractivity contribution >= 4 is 5.97 Å². The SMILES string of the molecule is CC1CCC(C(C)(C)OC(=O)C2(C)CC2(C)C)CC1. The molecule has 2 nitrogen and oxygen atoms in total. The average molecular weight is 266 g/mol. The van der Waals surface area contributed by atoms with E-state index >= 15 is 0 Å². The Balaban J connectivity index is 1.96. The van der Waals surface area contributed by atoms with Crippen molar-refractivity contribution in [3.63, 3.8) is 0 Å². The molecule has 2 aliphatic carbocycles. The van der Waals surface area contributed by atoms with E-state index in [1.165, 1.54) is 25.7 Å². The van der Waals surface area contributed by atoms with Gasteiger partial charge in [-0.05, 0) is 57.3 Å². The van der Waals surface area contributed by atoms with Gasteiger partial charge in [0.25, 0.3) is 0 Å². The highest BCUT2D eigenvalue weighted by atomic mass is 16.6. The molecule has 19 heavy (non-hydrogen) atoms. The van der Waals surface area contributed by atoms with Gasteiger partial charge in [0.1, 0.15) is 5.60 Å². The topological polar surface area (TPSA) is 26.3 Å². The zero-order chi connectivity index (χ0) is 14.5. The first-order valence-electron chi connectivity index (χ1n) is 7.82. The molecule has 1 unspecified atom stereocenters. The standard InChI is InChI=1S/C17H30O2/c1-12-7-9-13(10-8-12)16(4,5)19-14(18)17(6)11-15(17,2)3/h12-13H,7-11H2,1-6H3. The molecule has 2 aliphatic rings. The fourth-order valence-corrected chi connectivity index (χ4v) is 3.58. The molecule has 0 aromatic carbocycles. The first-order valence-corrected chi connectivity index (χ1v) is 7.82. The predicted octanol–water partition coefficient (Wildman–Crippen LogP) is 4.57. The second-order valence-corrected chi connectivity index (χ2v) is 8.34. The van der Waals surface area contributed by atoms with Crippen LogP contribution in [-0.2, 0) is 9.53 Å². The van der Waals surface area contributed by atoms with E-state index in [1.807, 2.05) is 6.92 Å². The number of esters is 1. The smallest absolute Gasteiger partial charge is 0.312 e. The molecule has 2 rings (SSSR count). The van der Waals surface area contributed by atoms with Crippen molar-refractivity contribution in [1.29, 1.82) is 0 Å². The molecule has 0 amide bonds. The quantitative estimate of drug-likeness (QED) is 0.699. The number of hydrogen-bond acceptors (Lipinski definition) is 2. The van der Waals surface area contributed by atoms with Gasteiger partial charge in [0.2, 0.25) is 0 Å². The maximum absolute atomic E-state index is 12.4. The second kappa shape index (κ2) is 4.49. The summed E-state index contributed by atoms with van der Waals surface area (Å²) in [5.41, 5.74) is -0.452. The summed E-state index contributed by atoms with van der Waals surface area (Å²) in [4.78, 5) is 12.4. The molecule has 0 N–H and O–H groups in total. The molecule has 0 bridgehead atoms. The first kappa shape index (κ1) is 14.9. The first-order chi connectivity index (χ1) is 8.58. The summed E-state index contributed by atoms with van der Waals surface area (Å²) >= 11 is 0. The molecule has 0 aromatic heterocycles. The Hall–Kier alpha value is -0.530. The second-order valence-electron chi connectivity index (χ2n) is 8.34. The summed E-state index contributed by atoms with van der Waals surface area (Å²) in [6.45, 7) is 12.9. The lowest BCUT2D eigenvalue weighted by atomic mass is 9.75. The monoisotopic (exact) mass is 266 g/mol. The Morgan fingerprint density at radius 3 is 2.00 bits per heavy atom. The lowest BCUT2D eigenvalue weighted by Crippen LogP contribution is -2.40. The highest BCUT2D eigenvalue weighted by molar-refractivity contribution is 5.81. The summed E-state index contributed by atoms with van der Waals surface area (Å²) in [5.74, 6) is 1.38. The van der Waals surface area contributed by atoms with E-state index in [9.17, 15) is 4.79 Å². The zero-order valence-corrected chi connectivity index (χ0v) is 13.5. The fraction of sp³-hybridized carbons (Fsp3) is 0.941. The minimum Gasteiger partial charge on any atom is -0.459 e. The van der Waals surface area contributed by atoms with Crippen LogP contribution >= 0.6 is 0 Å². The number of rotatable bonds is 3. The van der Waals surface area contributed by atoms with Gasteiger partial charge < -0.3 is 4.74 Å². The molecule has 0 saturated heterocycles. The van der Waals surface area contributed by atoms with Gasteiger partial charge >= 0.3 is 5.97 Å². The molecule has 2 heteroatoms. The van der Waals surface area contributed by atoms with Crippen LogP contribution in [0.4, 0.5) is 0 Å². The van der Waals surface area contributed by atoms with E-state index in [2.05, 4.69) is 34.6 Å². The molecule has 0 aromatic rings. The van der Waals surface area contributed by atoms with E-state index in [0.29, 0.717) is 5.92 Å². The third-order valence-electron chi connectivity index (χ3n) is 5.97. The average Bonchev–Trinajstić information content (AvgIpc) is 2.79. The van der Waals surface area contributed by atoms with Crippen LogP contribution in [0.25, 0.3) is 0 Å². The van der Waals surface area contributed by atoms with Gasteiger partial charge in [-0.2, -0.15) is 0 Å². The fourth-order valence-electron chi connectivity index (χ4n) is 3.58. The maximum Gasteiger partial charge on any atom is 0.312 e. The molecule has 2 saturated carbocycles. The van der Waals surface area contributed by atoms with E-state index in [-0.39, 0.29) is 22.4 Å². The van der Waals surface area contributed by atoms with Gasteiger partial charge in [-0.25, -0.2) is 0 Å². The summed E-state index contributed by atoms with van der Waals surface area (Å²) in [6, 6.07) is 0. The predicted molar refractivity (Wildman–Crippen MR) is 77.8 cm³/mol. The van der Waals surface area contributed by atoms with Gasteiger partial charge in [0, 0.05) is 0 Å².